The Balaban J connectivity index is 2.78. The van der Waals surface area contributed by atoms with E-state index in [1.807, 2.05) is 18.2 Å². The van der Waals surface area contributed by atoms with Crippen LogP contribution in [-0.4, -0.2) is 19.8 Å². The second kappa shape index (κ2) is 10.9. The quantitative estimate of drug-likeness (QED) is 0.345. The molecule has 152 valence electrons. The third-order valence-electron chi connectivity index (χ3n) is 4.93. The molecule has 3 nitrogen and oxygen atoms in total. The largest absolute Gasteiger partial charge is 0.404 e. The van der Waals surface area contributed by atoms with Crippen molar-refractivity contribution in [3.8, 4) is 0 Å². The molecule has 0 heterocycles. The van der Waals surface area contributed by atoms with E-state index >= 15 is 0 Å². The maximum absolute atomic E-state index is 8.38. The Morgan fingerprint density at radius 2 is 1.80 bits per heavy atom. The predicted molar refractivity (Wildman–Crippen MR) is 136 cm³/mol. The van der Waals surface area contributed by atoms with E-state index in [2.05, 4.69) is 64.9 Å². The fraction of sp³-hybridized carbons (Fsp3) is 0.200. The summed E-state index contributed by atoms with van der Waals surface area (Å²) in [6.07, 6.45) is 4.81. The molecule has 0 aliphatic carbocycles. The molecule has 2 radical (unpaired) electrons. The third-order valence-corrected chi connectivity index (χ3v) is 5.14. The molecule has 2 aromatic carbocycles. The summed E-state index contributed by atoms with van der Waals surface area (Å²) in [5.41, 5.74) is 14.3. The van der Waals surface area contributed by atoms with E-state index in [0.717, 1.165) is 51.8 Å². The van der Waals surface area contributed by atoms with Gasteiger partial charge in [0.05, 0.1) is 16.1 Å². The maximum Gasteiger partial charge on any atom is 0.108 e. The molecule has 30 heavy (non-hydrogen) atoms. The van der Waals surface area contributed by atoms with Gasteiger partial charge in [0.2, 0.25) is 0 Å². The SMILES string of the molecule is [B]/C(CCC)=C(\C(C)=N)c1ccc(C(=C/N)/C=N/Br)cc1C(=C)c1ccc(C)cc1. The van der Waals surface area contributed by atoms with E-state index < -0.39 is 0 Å². The molecule has 2 rings (SSSR count). The minimum absolute atomic E-state index is 0.434. The van der Waals surface area contributed by atoms with Crippen LogP contribution < -0.4 is 5.73 Å². The number of allylic oxidation sites excluding steroid dienone is 3. The standard InChI is InChI=1S/C25H27BBrN3/c1-5-6-24(26)25(18(4)29)22-12-11-20(21(14-28)15-30-27)13-23(22)17(3)19-9-7-16(2)8-10-19/h7-15,29H,3,5-6,28H2,1-2,4H3/b21-14+,25-24+,29-18?,30-15+. The van der Waals surface area contributed by atoms with Gasteiger partial charge in [-0.2, -0.15) is 0 Å². The van der Waals surface area contributed by atoms with Gasteiger partial charge in [-0.3, -0.25) is 0 Å². The minimum atomic E-state index is 0.434. The molecule has 0 saturated carbocycles. The summed E-state index contributed by atoms with van der Waals surface area (Å²) in [5, 5.41) is 8.38. The number of hydrogen-bond acceptors (Lipinski definition) is 3. The maximum atomic E-state index is 8.38. The summed E-state index contributed by atoms with van der Waals surface area (Å²) in [7, 11) is 6.41. The van der Waals surface area contributed by atoms with Crippen molar-refractivity contribution in [2.24, 2.45) is 9.75 Å². The van der Waals surface area contributed by atoms with Gasteiger partial charge in [0, 0.05) is 23.7 Å². The van der Waals surface area contributed by atoms with Crippen molar-refractivity contribution in [1.82, 2.24) is 0 Å². The van der Waals surface area contributed by atoms with Gasteiger partial charge in [0.1, 0.15) is 7.85 Å². The first kappa shape index (κ1) is 23.6. The molecule has 0 bridgehead atoms. The Hall–Kier alpha value is -2.66. The van der Waals surface area contributed by atoms with E-state index in [1.165, 1.54) is 11.8 Å². The number of rotatable bonds is 8. The van der Waals surface area contributed by atoms with E-state index in [4.69, 9.17) is 19.0 Å². The van der Waals surface area contributed by atoms with Crippen LogP contribution in [-0.2, 0) is 0 Å². The lowest BCUT2D eigenvalue weighted by atomic mass is 9.79. The zero-order chi connectivity index (χ0) is 22.3. The van der Waals surface area contributed by atoms with Crippen LogP contribution in [0.5, 0.6) is 0 Å². The average Bonchev–Trinajstić information content (AvgIpc) is 2.72. The summed E-state index contributed by atoms with van der Waals surface area (Å²) in [5.74, 6) is 0. The molecule has 0 aliphatic heterocycles. The highest BCUT2D eigenvalue weighted by Crippen LogP contribution is 2.34. The van der Waals surface area contributed by atoms with E-state index in [0.29, 0.717) is 11.2 Å². The van der Waals surface area contributed by atoms with Crippen molar-refractivity contribution in [2.45, 2.75) is 33.6 Å². The third kappa shape index (κ3) is 5.48. The van der Waals surface area contributed by atoms with Crippen LogP contribution in [0.15, 0.2) is 64.7 Å². The highest BCUT2D eigenvalue weighted by atomic mass is 79.9. The van der Waals surface area contributed by atoms with Gasteiger partial charge < -0.3 is 11.1 Å². The van der Waals surface area contributed by atoms with Crippen LogP contribution in [0.3, 0.4) is 0 Å². The summed E-state index contributed by atoms with van der Waals surface area (Å²) >= 11 is 3.08. The van der Waals surface area contributed by atoms with Gasteiger partial charge in [0.15, 0.2) is 0 Å². The Morgan fingerprint density at radius 1 is 1.17 bits per heavy atom. The first-order valence-electron chi connectivity index (χ1n) is 9.85. The van der Waals surface area contributed by atoms with Crippen molar-refractivity contribution >= 4 is 52.6 Å². The Kier molecular flexibility index (Phi) is 8.61. The van der Waals surface area contributed by atoms with Gasteiger partial charge in [-0.05, 0) is 59.7 Å². The molecule has 0 amide bonds. The molecular formula is C25H27BBrN3. The molecule has 0 saturated heterocycles. The number of halogens is 1. The lowest BCUT2D eigenvalue weighted by molar-refractivity contribution is 0.947. The topological polar surface area (TPSA) is 62.2 Å². The monoisotopic (exact) mass is 459 g/mol. The molecule has 5 heteroatoms. The van der Waals surface area contributed by atoms with Gasteiger partial charge in [-0.1, -0.05) is 61.9 Å². The van der Waals surface area contributed by atoms with Gasteiger partial charge in [-0.15, -0.1) is 5.47 Å². The number of aryl methyl sites for hydroxylation is 1. The van der Waals surface area contributed by atoms with E-state index in [1.54, 1.807) is 13.1 Å². The Morgan fingerprint density at radius 3 is 2.33 bits per heavy atom. The Bertz CT molecular complexity index is 1030. The fourth-order valence-corrected chi connectivity index (χ4v) is 3.60. The van der Waals surface area contributed by atoms with Crippen molar-refractivity contribution in [3.63, 3.8) is 0 Å². The first-order chi connectivity index (χ1) is 14.3. The van der Waals surface area contributed by atoms with E-state index in [9.17, 15) is 0 Å². The van der Waals surface area contributed by atoms with Crippen LogP contribution in [0.4, 0.5) is 0 Å². The molecule has 0 aliphatic rings. The average molecular weight is 460 g/mol. The zero-order valence-electron chi connectivity index (χ0n) is 17.8. The van der Waals surface area contributed by atoms with Crippen LogP contribution in [0, 0.1) is 12.3 Å². The van der Waals surface area contributed by atoms with Crippen molar-refractivity contribution < 1.29 is 0 Å². The van der Waals surface area contributed by atoms with Gasteiger partial charge in [0.25, 0.3) is 0 Å². The van der Waals surface area contributed by atoms with Crippen molar-refractivity contribution in [3.05, 3.63) is 88.5 Å². The van der Waals surface area contributed by atoms with Crippen LogP contribution in [0.25, 0.3) is 16.7 Å². The summed E-state index contributed by atoms with van der Waals surface area (Å²) in [6.45, 7) is 10.3. The second-order valence-corrected chi connectivity index (χ2v) is 7.64. The number of nitrogens with one attached hydrogen (secondary N) is 1. The molecule has 0 aromatic heterocycles. The molecule has 2 aromatic rings. The zero-order valence-corrected chi connectivity index (χ0v) is 19.4. The van der Waals surface area contributed by atoms with E-state index in [-0.39, 0.29) is 0 Å². The van der Waals surface area contributed by atoms with Gasteiger partial charge >= 0.3 is 0 Å². The van der Waals surface area contributed by atoms with Crippen LogP contribution >= 0.6 is 16.1 Å². The fourth-order valence-electron chi connectivity index (χ4n) is 3.38. The molecular weight excluding hydrogens is 433 g/mol. The molecule has 0 unspecified atom stereocenters. The number of hydrogen-bond donors (Lipinski definition) is 2. The number of benzene rings is 2. The van der Waals surface area contributed by atoms with Crippen LogP contribution in [0.1, 0.15) is 54.5 Å². The molecule has 0 fully saturated rings. The summed E-state index contributed by atoms with van der Waals surface area (Å²) in [4.78, 5) is 0. The number of nitrogens with zero attached hydrogens (tertiary/aromatic N) is 1. The van der Waals surface area contributed by atoms with Crippen molar-refractivity contribution in [1.29, 1.82) is 5.41 Å². The lowest BCUT2D eigenvalue weighted by Crippen LogP contribution is -2.06. The van der Waals surface area contributed by atoms with Gasteiger partial charge in [-0.25, -0.2) is 4.02 Å². The first-order valence-corrected chi connectivity index (χ1v) is 10.6. The Labute approximate surface area is 189 Å². The number of nitrogens with two attached hydrogens (primary N) is 1. The minimum Gasteiger partial charge on any atom is -0.404 e. The summed E-state index contributed by atoms with van der Waals surface area (Å²) in [6, 6.07) is 14.2. The molecule has 3 N–H and O–H groups in total. The lowest BCUT2D eigenvalue weighted by Gasteiger charge is -2.19. The predicted octanol–water partition coefficient (Wildman–Crippen LogP) is 6.46. The highest BCUT2D eigenvalue weighted by molar-refractivity contribution is 9.08. The van der Waals surface area contributed by atoms with Crippen molar-refractivity contribution in [2.75, 3.05) is 0 Å². The smallest absolute Gasteiger partial charge is 0.108 e. The highest BCUT2D eigenvalue weighted by Gasteiger charge is 2.17. The molecule has 0 spiro atoms. The second-order valence-electron chi connectivity index (χ2n) is 7.23. The summed E-state index contributed by atoms with van der Waals surface area (Å²) < 4.78 is 3.92. The normalized spacial score (nSPS) is 12.7. The molecule has 0 atom stereocenters. The van der Waals surface area contributed by atoms with Crippen LogP contribution in [0.2, 0.25) is 0 Å².